The summed E-state index contributed by atoms with van der Waals surface area (Å²) in [5, 5.41) is 15.6. The molecule has 0 bridgehead atoms. The molecule has 4 rings (SSSR count). The number of carbonyl (C=O) groups excluding carboxylic acids is 2. The SMILES string of the molecule is O=C1N[C@H](c2ccc3c(c2)OCO3)[C@@H](C(=O)C(F)(F)F)[C@](O)(c2ccccc2)N1. The largest absolute Gasteiger partial charge is 0.454 e. The van der Waals surface area contributed by atoms with Crippen LogP contribution in [0.15, 0.2) is 48.5 Å². The molecule has 29 heavy (non-hydrogen) atoms. The number of Topliss-reactive ketones (excluding diaryl/α,β-unsaturated/α-hetero) is 1. The van der Waals surface area contributed by atoms with Gasteiger partial charge in [-0.25, -0.2) is 4.79 Å². The lowest BCUT2D eigenvalue weighted by Gasteiger charge is -2.45. The Balaban J connectivity index is 1.86. The number of hydrogen-bond donors (Lipinski definition) is 3. The Kier molecular flexibility index (Phi) is 4.38. The van der Waals surface area contributed by atoms with E-state index in [1.54, 1.807) is 6.07 Å². The van der Waals surface area contributed by atoms with Crippen molar-refractivity contribution in [2.24, 2.45) is 5.92 Å². The second kappa shape index (κ2) is 6.66. The van der Waals surface area contributed by atoms with Gasteiger partial charge in [0.2, 0.25) is 12.6 Å². The number of fused-ring (bicyclic) bond motifs is 1. The maximum absolute atomic E-state index is 13.5. The van der Waals surface area contributed by atoms with E-state index in [2.05, 4.69) is 10.6 Å². The average Bonchev–Trinajstić information content (AvgIpc) is 3.14. The van der Waals surface area contributed by atoms with Crippen LogP contribution in [0.1, 0.15) is 17.2 Å². The number of ketones is 1. The number of hydrogen-bond acceptors (Lipinski definition) is 5. The van der Waals surface area contributed by atoms with Crippen molar-refractivity contribution in [2.75, 3.05) is 6.79 Å². The van der Waals surface area contributed by atoms with Gasteiger partial charge in [0.1, 0.15) is 5.92 Å². The first kappa shape index (κ1) is 19.1. The molecular formula is C19H15F3N2O5. The summed E-state index contributed by atoms with van der Waals surface area (Å²) in [5.41, 5.74) is -2.48. The van der Waals surface area contributed by atoms with Crippen LogP contribution in [0, 0.1) is 5.92 Å². The minimum absolute atomic E-state index is 0.0526. The number of ether oxygens (including phenoxy) is 2. The molecule has 7 nitrogen and oxygen atoms in total. The van der Waals surface area contributed by atoms with Crippen molar-refractivity contribution < 1.29 is 37.3 Å². The fraction of sp³-hybridized carbons (Fsp3) is 0.263. The van der Waals surface area contributed by atoms with E-state index in [4.69, 9.17) is 9.47 Å². The molecule has 0 aliphatic carbocycles. The number of amides is 2. The van der Waals surface area contributed by atoms with Crippen LogP contribution in [-0.4, -0.2) is 29.9 Å². The predicted molar refractivity (Wildman–Crippen MR) is 91.9 cm³/mol. The fourth-order valence-corrected chi connectivity index (χ4v) is 3.60. The van der Waals surface area contributed by atoms with Gasteiger partial charge in [-0.1, -0.05) is 36.4 Å². The molecule has 2 amide bonds. The molecule has 1 saturated heterocycles. The molecule has 3 atom stereocenters. The third-order valence-electron chi connectivity index (χ3n) is 4.91. The van der Waals surface area contributed by atoms with Gasteiger partial charge in [0.25, 0.3) is 0 Å². The molecular weight excluding hydrogens is 393 g/mol. The molecule has 2 aromatic carbocycles. The zero-order chi connectivity index (χ0) is 20.8. The molecule has 1 fully saturated rings. The summed E-state index contributed by atoms with van der Waals surface area (Å²) in [4.78, 5) is 24.7. The highest BCUT2D eigenvalue weighted by atomic mass is 19.4. The van der Waals surface area contributed by atoms with Gasteiger partial charge in [-0.2, -0.15) is 13.2 Å². The smallest absolute Gasteiger partial charge is 0.450 e. The van der Waals surface area contributed by atoms with Crippen molar-refractivity contribution in [2.45, 2.75) is 17.9 Å². The Morgan fingerprint density at radius 3 is 2.48 bits per heavy atom. The van der Waals surface area contributed by atoms with E-state index in [0.29, 0.717) is 5.75 Å². The van der Waals surface area contributed by atoms with Gasteiger partial charge in [-0.3, -0.25) is 4.79 Å². The maximum Gasteiger partial charge on any atom is 0.450 e. The highest BCUT2D eigenvalue weighted by Gasteiger charge is 2.59. The summed E-state index contributed by atoms with van der Waals surface area (Å²) < 4.78 is 50.8. The zero-order valence-electron chi connectivity index (χ0n) is 14.7. The normalized spacial score (nSPS) is 25.9. The van der Waals surface area contributed by atoms with E-state index in [0.717, 1.165) is 0 Å². The van der Waals surface area contributed by atoms with E-state index in [1.165, 1.54) is 42.5 Å². The molecule has 10 heteroatoms. The number of urea groups is 1. The van der Waals surface area contributed by atoms with Crippen molar-refractivity contribution in [1.29, 1.82) is 0 Å². The maximum atomic E-state index is 13.5. The van der Waals surface area contributed by atoms with Crippen molar-refractivity contribution in [3.05, 3.63) is 59.7 Å². The molecule has 0 radical (unpaired) electrons. The van der Waals surface area contributed by atoms with E-state index in [-0.39, 0.29) is 23.7 Å². The van der Waals surface area contributed by atoms with E-state index >= 15 is 0 Å². The first-order chi connectivity index (χ1) is 13.7. The van der Waals surface area contributed by atoms with Gasteiger partial charge >= 0.3 is 12.2 Å². The Labute approximate surface area is 162 Å². The molecule has 0 saturated carbocycles. The number of nitrogens with one attached hydrogen (secondary N) is 2. The van der Waals surface area contributed by atoms with Crippen LogP contribution in [-0.2, 0) is 10.5 Å². The second-order valence-electron chi connectivity index (χ2n) is 6.66. The Bertz CT molecular complexity index is 966. The van der Waals surface area contributed by atoms with Crippen molar-refractivity contribution >= 4 is 11.8 Å². The number of alkyl halides is 3. The Hall–Kier alpha value is -3.27. The van der Waals surface area contributed by atoms with Crippen LogP contribution in [0.2, 0.25) is 0 Å². The number of carbonyl (C=O) groups is 2. The van der Waals surface area contributed by atoms with Crippen molar-refractivity contribution in [1.82, 2.24) is 10.6 Å². The van der Waals surface area contributed by atoms with Crippen LogP contribution in [0.3, 0.4) is 0 Å². The minimum atomic E-state index is -5.24. The molecule has 0 spiro atoms. The molecule has 152 valence electrons. The van der Waals surface area contributed by atoms with Crippen LogP contribution >= 0.6 is 0 Å². The number of benzene rings is 2. The van der Waals surface area contributed by atoms with Crippen molar-refractivity contribution in [3.63, 3.8) is 0 Å². The van der Waals surface area contributed by atoms with Gasteiger partial charge in [0, 0.05) is 5.56 Å². The topological polar surface area (TPSA) is 96.9 Å². The van der Waals surface area contributed by atoms with E-state index in [1.807, 2.05) is 0 Å². The first-order valence-corrected chi connectivity index (χ1v) is 8.57. The lowest BCUT2D eigenvalue weighted by atomic mass is 9.76. The van der Waals surface area contributed by atoms with E-state index in [9.17, 15) is 27.9 Å². The molecule has 3 N–H and O–H groups in total. The van der Waals surface area contributed by atoms with Crippen molar-refractivity contribution in [3.8, 4) is 11.5 Å². The highest BCUT2D eigenvalue weighted by molar-refractivity contribution is 5.91. The van der Waals surface area contributed by atoms with E-state index < -0.39 is 35.7 Å². The summed E-state index contributed by atoms with van der Waals surface area (Å²) in [7, 11) is 0. The summed E-state index contributed by atoms with van der Waals surface area (Å²) in [6.45, 7) is -0.0593. The molecule has 2 aromatic rings. The zero-order valence-corrected chi connectivity index (χ0v) is 14.7. The van der Waals surface area contributed by atoms with Gasteiger partial charge in [-0.05, 0) is 17.7 Å². The number of rotatable bonds is 3. The Morgan fingerprint density at radius 2 is 1.79 bits per heavy atom. The van der Waals surface area contributed by atoms with Crippen LogP contribution in [0.25, 0.3) is 0 Å². The van der Waals surface area contributed by atoms with Gasteiger partial charge in [0.15, 0.2) is 17.2 Å². The first-order valence-electron chi connectivity index (χ1n) is 8.57. The third-order valence-corrected chi connectivity index (χ3v) is 4.91. The number of aliphatic hydroxyl groups is 1. The monoisotopic (exact) mass is 408 g/mol. The quantitative estimate of drug-likeness (QED) is 0.725. The Morgan fingerprint density at radius 1 is 1.10 bits per heavy atom. The predicted octanol–water partition coefficient (Wildman–Crippen LogP) is 2.36. The fourth-order valence-electron chi connectivity index (χ4n) is 3.60. The van der Waals surface area contributed by atoms with Crippen LogP contribution < -0.4 is 20.1 Å². The third kappa shape index (κ3) is 3.25. The lowest BCUT2D eigenvalue weighted by Crippen LogP contribution is -2.66. The second-order valence-corrected chi connectivity index (χ2v) is 6.66. The van der Waals surface area contributed by atoms with Gasteiger partial charge in [0.05, 0.1) is 6.04 Å². The molecule has 2 aliphatic rings. The van der Waals surface area contributed by atoms with Gasteiger partial charge < -0.3 is 25.2 Å². The van der Waals surface area contributed by atoms with Crippen LogP contribution in [0.5, 0.6) is 11.5 Å². The highest BCUT2D eigenvalue weighted by Crippen LogP contribution is 2.44. The summed E-state index contributed by atoms with van der Waals surface area (Å²) in [6.07, 6.45) is -5.24. The molecule has 0 aromatic heterocycles. The average molecular weight is 408 g/mol. The number of halogens is 3. The summed E-state index contributed by atoms with van der Waals surface area (Å²) in [6, 6.07) is 9.06. The molecule has 2 heterocycles. The lowest BCUT2D eigenvalue weighted by molar-refractivity contribution is -0.190. The van der Waals surface area contributed by atoms with Crippen LogP contribution in [0.4, 0.5) is 18.0 Å². The molecule has 2 aliphatic heterocycles. The minimum Gasteiger partial charge on any atom is -0.454 e. The summed E-state index contributed by atoms with van der Waals surface area (Å²) in [5.74, 6) is -3.63. The summed E-state index contributed by atoms with van der Waals surface area (Å²) >= 11 is 0. The standard InChI is InChI=1S/C19H15F3N2O5/c20-19(21,22)16(25)14-15(10-6-7-12-13(8-10)29-9-28-12)23-17(26)24-18(14,27)11-4-2-1-3-5-11/h1-8,14-15,27H,9H2,(H2,23,24,26)/t14-,15+,18+/m0/s1. The van der Waals surface area contributed by atoms with Gasteiger partial charge in [-0.15, -0.1) is 0 Å². The molecule has 0 unspecified atom stereocenters.